The molecule has 0 aromatic carbocycles. The predicted octanol–water partition coefficient (Wildman–Crippen LogP) is 1.53. The molecule has 1 saturated heterocycles. The minimum Gasteiger partial charge on any atom is -0.345 e. The van der Waals surface area contributed by atoms with Crippen LogP contribution in [-0.4, -0.2) is 48.4 Å². The minimum atomic E-state index is -0.428. The fraction of sp³-hybridized carbons (Fsp3) is 0.895. The van der Waals surface area contributed by atoms with Crippen LogP contribution in [0.25, 0.3) is 0 Å². The number of carbonyl (C=O) groups excluding carboxylic acids is 2. The van der Waals surface area contributed by atoms with E-state index in [0.29, 0.717) is 12.0 Å². The summed E-state index contributed by atoms with van der Waals surface area (Å²) in [5.41, 5.74) is 0. The molecule has 3 aliphatic carbocycles. The maximum absolute atomic E-state index is 12.4. The Morgan fingerprint density at radius 1 is 0.917 bits per heavy atom. The Morgan fingerprint density at radius 2 is 1.67 bits per heavy atom. The maximum atomic E-state index is 12.4. The lowest BCUT2D eigenvalue weighted by atomic mass is 9.79. The van der Waals surface area contributed by atoms with Gasteiger partial charge in [0, 0.05) is 24.7 Å². The molecule has 4 fully saturated rings. The van der Waals surface area contributed by atoms with Crippen molar-refractivity contribution in [3.63, 3.8) is 0 Å². The Morgan fingerprint density at radius 3 is 2.46 bits per heavy atom. The summed E-state index contributed by atoms with van der Waals surface area (Å²) >= 11 is 0. The summed E-state index contributed by atoms with van der Waals surface area (Å²) < 4.78 is 0. The summed E-state index contributed by atoms with van der Waals surface area (Å²) in [7, 11) is 2.11. The van der Waals surface area contributed by atoms with Crippen LogP contribution in [0.1, 0.15) is 51.9 Å². The van der Waals surface area contributed by atoms with Crippen LogP contribution >= 0.6 is 0 Å². The smallest absolute Gasteiger partial charge is 0.309 e. The zero-order chi connectivity index (χ0) is 16.8. The van der Waals surface area contributed by atoms with E-state index in [1.54, 1.807) is 0 Å². The number of nitrogens with one attached hydrogen (secondary N) is 2. The number of piperidine rings is 1. The largest absolute Gasteiger partial charge is 0.345 e. The lowest BCUT2D eigenvalue weighted by Crippen LogP contribution is -2.53. The van der Waals surface area contributed by atoms with Gasteiger partial charge in [-0.3, -0.25) is 9.59 Å². The monoisotopic (exact) mass is 333 g/mol. The van der Waals surface area contributed by atoms with E-state index in [9.17, 15) is 9.59 Å². The SMILES string of the molecule is CC1CC(NC(=O)C(=O)NC2CC3CC2C2CCCC32)CCN1C. The second-order valence-electron chi connectivity index (χ2n) is 8.76. The molecule has 3 saturated carbocycles. The van der Waals surface area contributed by atoms with E-state index in [1.807, 2.05) is 0 Å². The fourth-order valence-electron chi connectivity index (χ4n) is 6.14. The molecule has 2 N–H and O–H groups in total. The molecule has 7 unspecified atom stereocenters. The summed E-state index contributed by atoms with van der Waals surface area (Å²) in [5.74, 6) is 2.31. The summed E-state index contributed by atoms with van der Waals surface area (Å²) in [6.45, 7) is 3.15. The second kappa shape index (κ2) is 6.32. The van der Waals surface area contributed by atoms with Gasteiger partial charge in [0.1, 0.15) is 0 Å². The summed E-state index contributed by atoms with van der Waals surface area (Å²) in [6.07, 6.45) is 8.30. The average molecular weight is 333 g/mol. The van der Waals surface area contributed by atoms with Crippen LogP contribution in [0.15, 0.2) is 0 Å². The van der Waals surface area contributed by atoms with Crippen molar-refractivity contribution in [2.75, 3.05) is 13.6 Å². The second-order valence-corrected chi connectivity index (χ2v) is 8.76. The minimum absolute atomic E-state index is 0.133. The molecule has 1 aliphatic heterocycles. The van der Waals surface area contributed by atoms with Gasteiger partial charge in [-0.15, -0.1) is 0 Å². The van der Waals surface area contributed by atoms with Crippen molar-refractivity contribution in [3.05, 3.63) is 0 Å². The first-order valence-corrected chi connectivity index (χ1v) is 9.84. The van der Waals surface area contributed by atoms with Crippen molar-refractivity contribution >= 4 is 11.8 Å². The molecule has 1 heterocycles. The van der Waals surface area contributed by atoms with Crippen molar-refractivity contribution in [2.45, 2.75) is 70.0 Å². The van der Waals surface area contributed by atoms with E-state index in [4.69, 9.17) is 0 Å². The molecule has 2 amide bonds. The molecule has 2 bridgehead atoms. The Kier molecular flexibility index (Phi) is 4.31. The van der Waals surface area contributed by atoms with Crippen LogP contribution in [0.5, 0.6) is 0 Å². The molecular formula is C19H31N3O2. The molecule has 0 radical (unpaired) electrons. The number of amides is 2. The molecule has 0 aromatic heterocycles. The van der Waals surface area contributed by atoms with Crippen LogP contribution in [0, 0.1) is 23.7 Å². The third kappa shape index (κ3) is 2.85. The summed E-state index contributed by atoms with van der Waals surface area (Å²) in [4.78, 5) is 26.9. The number of rotatable bonds is 2. The lowest BCUT2D eigenvalue weighted by Gasteiger charge is -2.35. The van der Waals surface area contributed by atoms with Crippen molar-refractivity contribution in [2.24, 2.45) is 23.7 Å². The number of nitrogens with zero attached hydrogens (tertiary/aromatic N) is 1. The number of hydrogen-bond donors (Lipinski definition) is 2. The Labute approximate surface area is 144 Å². The van der Waals surface area contributed by atoms with Crippen LogP contribution in [0.4, 0.5) is 0 Å². The third-order valence-electron chi connectivity index (χ3n) is 7.50. The van der Waals surface area contributed by atoms with Crippen molar-refractivity contribution in [1.29, 1.82) is 0 Å². The molecule has 0 aromatic rings. The number of carbonyl (C=O) groups is 2. The zero-order valence-corrected chi connectivity index (χ0v) is 15.0. The first kappa shape index (κ1) is 16.4. The van der Waals surface area contributed by atoms with Gasteiger partial charge in [-0.2, -0.15) is 0 Å². The van der Waals surface area contributed by atoms with Gasteiger partial charge < -0.3 is 15.5 Å². The normalized spacial score (nSPS) is 44.3. The van der Waals surface area contributed by atoms with Crippen LogP contribution < -0.4 is 10.6 Å². The topological polar surface area (TPSA) is 61.4 Å². The Balaban J connectivity index is 1.28. The van der Waals surface area contributed by atoms with Gasteiger partial charge in [0.15, 0.2) is 0 Å². The van der Waals surface area contributed by atoms with Crippen molar-refractivity contribution in [3.8, 4) is 0 Å². The van der Waals surface area contributed by atoms with Crippen molar-refractivity contribution in [1.82, 2.24) is 15.5 Å². The maximum Gasteiger partial charge on any atom is 0.309 e. The van der Waals surface area contributed by atoms with E-state index in [0.717, 1.165) is 43.6 Å². The highest BCUT2D eigenvalue weighted by Gasteiger charge is 2.54. The quantitative estimate of drug-likeness (QED) is 0.753. The molecule has 134 valence electrons. The highest BCUT2D eigenvalue weighted by Crippen LogP contribution is 2.58. The molecule has 24 heavy (non-hydrogen) atoms. The number of hydrogen-bond acceptors (Lipinski definition) is 3. The molecule has 4 rings (SSSR count). The van der Waals surface area contributed by atoms with Gasteiger partial charge in [0.2, 0.25) is 0 Å². The molecule has 5 heteroatoms. The number of likely N-dealkylation sites (tertiary alicyclic amines) is 1. The van der Waals surface area contributed by atoms with Gasteiger partial charge in [0.05, 0.1) is 0 Å². The van der Waals surface area contributed by atoms with Crippen LogP contribution in [0.3, 0.4) is 0 Å². The van der Waals surface area contributed by atoms with E-state index in [1.165, 1.54) is 25.7 Å². The summed E-state index contributed by atoms with van der Waals surface area (Å²) in [5, 5.41) is 6.03. The lowest BCUT2D eigenvalue weighted by molar-refractivity contribution is -0.140. The van der Waals surface area contributed by atoms with E-state index >= 15 is 0 Å². The molecule has 5 nitrogen and oxygen atoms in total. The summed E-state index contributed by atoms with van der Waals surface area (Å²) in [6, 6.07) is 0.828. The standard InChI is InChI=1S/C19H31N3O2/c1-11-8-13(6-7-22(11)2)20-18(23)19(24)21-17-10-12-9-16(17)15-5-3-4-14(12)15/h11-17H,3-10H2,1-2H3,(H,20,23)(H,21,24). The predicted molar refractivity (Wildman–Crippen MR) is 92.2 cm³/mol. The van der Waals surface area contributed by atoms with Crippen molar-refractivity contribution < 1.29 is 9.59 Å². The zero-order valence-electron chi connectivity index (χ0n) is 15.0. The first-order chi connectivity index (χ1) is 11.5. The molecule has 4 aliphatic rings. The van der Waals surface area contributed by atoms with E-state index in [-0.39, 0.29) is 12.1 Å². The number of fused-ring (bicyclic) bond motifs is 5. The van der Waals surface area contributed by atoms with Gasteiger partial charge >= 0.3 is 11.8 Å². The fourth-order valence-corrected chi connectivity index (χ4v) is 6.14. The molecule has 7 atom stereocenters. The highest BCUT2D eigenvalue weighted by atomic mass is 16.2. The van der Waals surface area contributed by atoms with Crippen LogP contribution in [-0.2, 0) is 9.59 Å². The first-order valence-electron chi connectivity index (χ1n) is 9.84. The third-order valence-corrected chi connectivity index (χ3v) is 7.50. The average Bonchev–Trinajstić information content (AvgIpc) is 3.23. The van der Waals surface area contributed by atoms with E-state index < -0.39 is 11.8 Å². The molecular weight excluding hydrogens is 302 g/mol. The van der Waals surface area contributed by atoms with Gasteiger partial charge in [-0.25, -0.2) is 0 Å². The molecule has 0 spiro atoms. The highest BCUT2D eigenvalue weighted by molar-refractivity contribution is 6.35. The van der Waals surface area contributed by atoms with Gasteiger partial charge in [0.25, 0.3) is 0 Å². The Hall–Kier alpha value is -1.10. The van der Waals surface area contributed by atoms with Crippen LogP contribution in [0.2, 0.25) is 0 Å². The van der Waals surface area contributed by atoms with Gasteiger partial charge in [-0.1, -0.05) is 6.42 Å². The van der Waals surface area contributed by atoms with E-state index in [2.05, 4.69) is 29.5 Å². The Bertz CT molecular complexity index is 523. The van der Waals surface area contributed by atoms with Gasteiger partial charge in [-0.05, 0) is 76.2 Å².